The Bertz CT molecular complexity index is 842. The van der Waals surface area contributed by atoms with E-state index in [1.54, 1.807) is 24.3 Å². The third-order valence-electron chi connectivity index (χ3n) is 3.01. The number of nitrogens with one attached hydrogen (secondary N) is 3. The lowest BCUT2D eigenvalue weighted by Gasteiger charge is -2.08. The van der Waals surface area contributed by atoms with Crippen molar-refractivity contribution in [3.63, 3.8) is 0 Å². The third kappa shape index (κ3) is 5.93. The van der Waals surface area contributed by atoms with E-state index >= 15 is 0 Å². The number of pyridine rings is 1. The molecule has 2 aromatic rings. The highest BCUT2D eigenvalue weighted by atomic mass is 79.9. The summed E-state index contributed by atoms with van der Waals surface area (Å²) in [7, 11) is -3.72. The van der Waals surface area contributed by atoms with Gasteiger partial charge in [0.2, 0.25) is 15.9 Å². The molecule has 1 heterocycles. The lowest BCUT2D eigenvalue weighted by Crippen LogP contribution is -2.42. The van der Waals surface area contributed by atoms with Gasteiger partial charge in [-0.3, -0.25) is 25.4 Å². The molecule has 1 aromatic heterocycles. The molecule has 0 fully saturated rings. The van der Waals surface area contributed by atoms with Crippen molar-refractivity contribution in [3.8, 4) is 0 Å². The average molecular weight is 427 g/mol. The van der Waals surface area contributed by atoms with Crippen LogP contribution in [0.15, 0.2) is 58.2 Å². The predicted octanol–water partition coefficient (Wildman–Crippen LogP) is 0.974. The van der Waals surface area contributed by atoms with Crippen molar-refractivity contribution in [2.75, 3.05) is 6.54 Å². The molecule has 0 saturated heterocycles. The summed E-state index contributed by atoms with van der Waals surface area (Å²) in [5.41, 5.74) is 4.86. The molecule has 1 aromatic carbocycles. The van der Waals surface area contributed by atoms with Crippen LogP contribution < -0.4 is 15.6 Å². The Hall–Kier alpha value is -2.30. The van der Waals surface area contributed by atoms with E-state index in [9.17, 15) is 18.0 Å². The summed E-state index contributed by atoms with van der Waals surface area (Å²) in [5, 5.41) is 0. The summed E-state index contributed by atoms with van der Waals surface area (Å²) >= 11 is 3.26. The summed E-state index contributed by atoms with van der Waals surface area (Å²) in [4.78, 5) is 27.2. The van der Waals surface area contributed by atoms with Crippen LogP contribution in [0.4, 0.5) is 0 Å². The number of hydrogen-bond acceptors (Lipinski definition) is 5. The largest absolute Gasteiger partial charge is 0.273 e. The molecule has 25 heavy (non-hydrogen) atoms. The monoisotopic (exact) mass is 426 g/mol. The molecular formula is C15H15BrN4O4S. The first-order valence-electron chi connectivity index (χ1n) is 7.13. The highest BCUT2D eigenvalue weighted by Gasteiger charge is 2.14. The van der Waals surface area contributed by atoms with Crippen molar-refractivity contribution in [2.45, 2.75) is 11.3 Å². The van der Waals surface area contributed by atoms with Crippen molar-refractivity contribution >= 4 is 37.8 Å². The number of halogens is 1. The van der Waals surface area contributed by atoms with Crippen molar-refractivity contribution in [1.29, 1.82) is 0 Å². The molecule has 0 radical (unpaired) electrons. The zero-order chi connectivity index (χ0) is 18.3. The lowest BCUT2D eigenvalue weighted by atomic mass is 10.2. The van der Waals surface area contributed by atoms with Gasteiger partial charge in [0.1, 0.15) is 4.90 Å². The summed E-state index contributed by atoms with van der Waals surface area (Å²) in [6, 6.07) is 9.47. The maximum absolute atomic E-state index is 11.9. The number of amides is 2. The van der Waals surface area contributed by atoms with Crippen LogP contribution in [0.1, 0.15) is 16.8 Å². The zero-order valence-corrected chi connectivity index (χ0v) is 15.3. The second kappa shape index (κ2) is 8.70. The number of nitrogens with zero attached hydrogens (tertiary/aromatic N) is 1. The molecule has 2 rings (SSSR count). The van der Waals surface area contributed by atoms with Crippen LogP contribution in [0.5, 0.6) is 0 Å². The van der Waals surface area contributed by atoms with E-state index in [1.807, 2.05) is 0 Å². The smallest absolute Gasteiger partial charge is 0.269 e. The summed E-state index contributed by atoms with van der Waals surface area (Å²) < 4.78 is 27.0. The molecule has 0 spiro atoms. The van der Waals surface area contributed by atoms with Gasteiger partial charge in [0.05, 0.1) is 0 Å². The fourth-order valence-corrected chi connectivity index (χ4v) is 3.01. The highest BCUT2D eigenvalue weighted by molar-refractivity contribution is 9.10. The van der Waals surface area contributed by atoms with Gasteiger partial charge in [-0.2, -0.15) is 0 Å². The van der Waals surface area contributed by atoms with Crippen LogP contribution >= 0.6 is 15.9 Å². The van der Waals surface area contributed by atoms with Gasteiger partial charge in [-0.05, 0) is 36.4 Å². The molecule has 8 nitrogen and oxygen atoms in total. The molecule has 0 saturated carbocycles. The molecule has 2 amide bonds. The Kier molecular flexibility index (Phi) is 6.62. The van der Waals surface area contributed by atoms with Gasteiger partial charge in [-0.1, -0.05) is 15.9 Å². The Morgan fingerprint density at radius 1 is 1.08 bits per heavy atom. The van der Waals surface area contributed by atoms with E-state index in [-0.39, 0.29) is 17.9 Å². The van der Waals surface area contributed by atoms with E-state index in [1.165, 1.54) is 24.5 Å². The first kappa shape index (κ1) is 19.0. The van der Waals surface area contributed by atoms with Crippen molar-refractivity contribution in [1.82, 2.24) is 20.6 Å². The number of carbonyl (C=O) groups excluding carboxylic acids is 2. The van der Waals surface area contributed by atoms with E-state index < -0.39 is 21.8 Å². The van der Waals surface area contributed by atoms with Crippen LogP contribution in [-0.2, 0) is 14.8 Å². The van der Waals surface area contributed by atoms with Gasteiger partial charge in [-0.25, -0.2) is 13.1 Å². The SMILES string of the molecule is O=C(CCNS(=O)(=O)c1cccnc1)NNC(=O)c1ccc(Br)cc1. The van der Waals surface area contributed by atoms with Crippen LogP contribution in [0.2, 0.25) is 0 Å². The maximum Gasteiger partial charge on any atom is 0.269 e. The molecule has 132 valence electrons. The number of benzene rings is 1. The van der Waals surface area contributed by atoms with Crippen LogP contribution in [0, 0.1) is 0 Å². The standard InChI is InChI=1S/C15H15BrN4O4S/c16-12-5-3-11(4-6-12)15(22)20-19-14(21)7-9-18-25(23,24)13-2-1-8-17-10-13/h1-6,8,10,18H,7,9H2,(H,19,21)(H,20,22). The summed E-state index contributed by atoms with van der Waals surface area (Å²) in [6.45, 7) is -0.114. The summed E-state index contributed by atoms with van der Waals surface area (Å²) in [6.07, 6.45) is 2.53. The first-order chi connectivity index (χ1) is 11.9. The van der Waals surface area contributed by atoms with Gasteiger partial charge in [0.15, 0.2) is 0 Å². The molecular weight excluding hydrogens is 412 g/mol. The molecule has 0 aliphatic rings. The topological polar surface area (TPSA) is 117 Å². The maximum atomic E-state index is 11.9. The second-order valence-corrected chi connectivity index (χ2v) is 7.53. The van der Waals surface area contributed by atoms with Crippen LogP contribution in [0.25, 0.3) is 0 Å². The lowest BCUT2D eigenvalue weighted by molar-refractivity contribution is -0.121. The van der Waals surface area contributed by atoms with E-state index in [0.29, 0.717) is 5.56 Å². The van der Waals surface area contributed by atoms with Crippen molar-refractivity contribution in [2.24, 2.45) is 0 Å². The Labute approximate surface area is 153 Å². The number of rotatable bonds is 6. The first-order valence-corrected chi connectivity index (χ1v) is 9.40. The van der Waals surface area contributed by atoms with Gasteiger partial charge < -0.3 is 0 Å². The number of sulfonamides is 1. The fraction of sp³-hybridized carbons (Fsp3) is 0.133. The molecule has 0 unspecified atom stereocenters. The van der Waals surface area contributed by atoms with Crippen LogP contribution in [0.3, 0.4) is 0 Å². The zero-order valence-electron chi connectivity index (χ0n) is 12.9. The van der Waals surface area contributed by atoms with E-state index in [2.05, 4.69) is 36.5 Å². The molecule has 3 N–H and O–H groups in total. The minimum atomic E-state index is -3.72. The molecule has 10 heteroatoms. The normalized spacial score (nSPS) is 10.9. The fourth-order valence-electron chi connectivity index (χ4n) is 1.75. The molecule has 0 bridgehead atoms. The highest BCUT2D eigenvalue weighted by Crippen LogP contribution is 2.10. The summed E-state index contributed by atoms with van der Waals surface area (Å²) in [5.74, 6) is -1.00. The quantitative estimate of drug-likeness (QED) is 0.594. The minimum absolute atomic E-state index is 0.0129. The van der Waals surface area contributed by atoms with Crippen molar-refractivity contribution in [3.05, 3.63) is 58.8 Å². The molecule has 0 aliphatic carbocycles. The number of aromatic nitrogens is 1. The van der Waals surface area contributed by atoms with Gasteiger partial charge >= 0.3 is 0 Å². The van der Waals surface area contributed by atoms with Gasteiger partial charge in [-0.15, -0.1) is 0 Å². The molecule has 0 aliphatic heterocycles. The minimum Gasteiger partial charge on any atom is -0.273 e. The predicted molar refractivity (Wildman–Crippen MR) is 93.8 cm³/mol. The number of hydrazine groups is 1. The Balaban J connectivity index is 1.75. The average Bonchev–Trinajstić information content (AvgIpc) is 2.61. The number of hydrogen-bond donors (Lipinski definition) is 3. The van der Waals surface area contributed by atoms with Gasteiger partial charge in [0, 0.05) is 35.4 Å². The van der Waals surface area contributed by atoms with E-state index in [0.717, 1.165) is 4.47 Å². The van der Waals surface area contributed by atoms with Crippen molar-refractivity contribution < 1.29 is 18.0 Å². The van der Waals surface area contributed by atoms with E-state index in [4.69, 9.17) is 0 Å². The van der Waals surface area contributed by atoms with Gasteiger partial charge in [0.25, 0.3) is 5.91 Å². The number of carbonyl (C=O) groups is 2. The molecule has 0 atom stereocenters. The third-order valence-corrected chi connectivity index (χ3v) is 4.99. The Morgan fingerprint density at radius 3 is 2.44 bits per heavy atom. The van der Waals surface area contributed by atoms with Crippen LogP contribution in [-0.4, -0.2) is 31.8 Å². The Morgan fingerprint density at radius 2 is 1.80 bits per heavy atom. The second-order valence-electron chi connectivity index (χ2n) is 4.85.